The Hall–Kier alpha value is -3.03. The fraction of sp³-hybridized carbons (Fsp3) is 0.190. The maximum atomic E-state index is 5.42. The molecule has 7 heteroatoms. The molecule has 1 aliphatic heterocycles. The standard InChI is InChI=1S/C21H19N5OS/c1-6-20-19(23-14-28-20)13-15(1)18-7-8-22-21(25-18)24-16-2-4-17(5-3-16)26-9-11-27-12-10-26/h1-8,13-14H,9-12H2,(H,22,24,25). The molecule has 0 bridgehead atoms. The Morgan fingerprint density at radius 2 is 1.82 bits per heavy atom. The molecular weight excluding hydrogens is 370 g/mol. The molecular formula is C21H19N5OS. The summed E-state index contributed by atoms with van der Waals surface area (Å²) in [7, 11) is 0. The summed E-state index contributed by atoms with van der Waals surface area (Å²) in [5, 5.41) is 3.30. The highest BCUT2D eigenvalue weighted by Gasteiger charge is 2.11. The normalized spacial score (nSPS) is 14.4. The Bertz CT molecular complexity index is 1090. The summed E-state index contributed by atoms with van der Waals surface area (Å²) in [5.41, 5.74) is 6.93. The van der Waals surface area contributed by atoms with Crippen LogP contribution in [0.3, 0.4) is 0 Å². The fourth-order valence-corrected chi connectivity index (χ4v) is 3.96. The Kier molecular flexibility index (Phi) is 4.60. The van der Waals surface area contributed by atoms with Crippen LogP contribution >= 0.6 is 11.3 Å². The van der Waals surface area contributed by atoms with Crippen molar-refractivity contribution in [1.82, 2.24) is 15.0 Å². The van der Waals surface area contributed by atoms with Gasteiger partial charge in [0.25, 0.3) is 0 Å². The summed E-state index contributed by atoms with van der Waals surface area (Å²) < 4.78 is 6.59. The first kappa shape index (κ1) is 17.1. The third-order valence-corrected chi connectivity index (χ3v) is 5.59. The van der Waals surface area contributed by atoms with Gasteiger partial charge in [0.2, 0.25) is 5.95 Å². The van der Waals surface area contributed by atoms with Crippen molar-refractivity contribution in [2.75, 3.05) is 36.5 Å². The highest BCUT2D eigenvalue weighted by Crippen LogP contribution is 2.26. The quantitative estimate of drug-likeness (QED) is 0.560. The summed E-state index contributed by atoms with van der Waals surface area (Å²) in [6.07, 6.45) is 1.78. The third kappa shape index (κ3) is 3.54. The van der Waals surface area contributed by atoms with Crippen LogP contribution in [0.5, 0.6) is 0 Å². The van der Waals surface area contributed by atoms with E-state index >= 15 is 0 Å². The van der Waals surface area contributed by atoms with Crippen molar-refractivity contribution in [2.45, 2.75) is 0 Å². The van der Waals surface area contributed by atoms with E-state index in [4.69, 9.17) is 4.74 Å². The van der Waals surface area contributed by atoms with Crippen molar-refractivity contribution >= 4 is 38.9 Å². The van der Waals surface area contributed by atoms with Crippen LogP contribution in [0.25, 0.3) is 21.5 Å². The van der Waals surface area contributed by atoms with E-state index in [0.29, 0.717) is 5.95 Å². The van der Waals surface area contributed by atoms with Crippen molar-refractivity contribution in [3.63, 3.8) is 0 Å². The molecule has 140 valence electrons. The second-order valence-corrected chi connectivity index (χ2v) is 7.46. The average Bonchev–Trinajstić information content (AvgIpc) is 3.23. The Morgan fingerprint density at radius 3 is 2.68 bits per heavy atom. The molecule has 0 unspecified atom stereocenters. The van der Waals surface area contributed by atoms with Crippen LogP contribution < -0.4 is 10.2 Å². The van der Waals surface area contributed by atoms with Crippen LogP contribution in [0.15, 0.2) is 60.2 Å². The summed E-state index contributed by atoms with van der Waals surface area (Å²) in [4.78, 5) is 15.8. The van der Waals surface area contributed by atoms with Gasteiger partial charge in [-0.3, -0.25) is 0 Å². The molecule has 0 amide bonds. The number of thiazole rings is 1. The van der Waals surface area contributed by atoms with Gasteiger partial charge in [-0.25, -0.2) is 15.0 Å². The minimum Gasteiger partial charge on any atom is -0.378 e. The maximum Gasteiger partial charge on any atom is 0.227 e. The maximum absolute atomic E-state index is 5.42. The van der Waals surface area contributed by atoms with E-state index in [1.54, 1.807) is 17.5 Å². The molecule has 1 aliphatic rings. The number of morpholine rings is 1. The highest BCUT2D eigenvalue weighted by atomic mass is 32.1. The summed E-state index contributed by atoms with van der Waals surface area (Å²) >= 11 is 1.64. The molecule has 0 spiro atoms. The van der Waals surface area contributed by atoms with Crippen LogP contribution in [0.4, 0.5) is 17.3 Å². The van der Waals surface area contributed by atoms with E-state index in [1.165, 1.54) is 10.4 Å². The summed E-state index contributed by atoms with van der Waals surface area (Å²) in [5.74, 6) is 0.579. The Morgan fingerprint density at radius 1 is 0.964 bits per heavy atom. The second-order valence-electron chi connectivity index (χ2n) is 6.57. The van der Waals surface area contributed by atoms with Crippen molar-refractivity contribution in [2.24, 2.45) is 0 Å². The Labute approximate surface area is 166 Å². The smallest absolute Gasteiger partial charge is 0.227 e. The number of hydrogen-bond donors (Lipinski definition) is 1. The number of aromatic nitrogens is 3. The van der Waals surface area contributed by atoms with Gasteiger partial charge in [0, 0.05) is 36.2 Å². The first-order valence-corrected chi connectivity index (χ1v) is 10.1. The van der Waals surface area contributed by atoms with Crippen LogP contribution in [0.2, 0.25) is 0 Å². The lowest BCUT2D eigenvalue weighted by Crippen LogP contribution is -2.36. The molecule has 4 aromatic rings. The largest absolute Gasteiger partial charge is 0.378 e. The number of benzene rings is 2. The first-order chi connectivity index (χ1) is 13.8. The van der Waals surface area contributed by atoms with Gasteiger partial charge in [0.15, 0.2) is 0 Å². The topological polar surface area (TPSA) is 63.2 Å². The number of anilines is 3. The van der Waals surface area contributed by atoms with Crippen LogP contribution in [-0.2, 0) is 4.74 Å². The average molecular weight is 389 g/mol. The minimum absolute atomic E-state index is 0.579. The zero-order valence-electron chi connectivity index (χ0n) is 15.2. The number of hydrogen-bond acceptors (Lipinski definition) is 7. The van der Waals surface area contributed by atoms with E-state index in [2.05, 4.69) is 67.6 Å². The number of ether oxygens (including phenoxy) is 1. The van der Waals surface area contributed by atoms with E-state index in [9.17, 15) is 0 Å². The highest BCUT2D eigenvalue weighted by molar-refractivity contribution is 7.16. The molecule has 2 aromatic carbocycles. The molecule has 5 rings (SSSR count). The van der Waals surface area contributed by atoms with Crippen molar-refractivity contribution in [3.8, 4) is 11.3 Å². The molecule has 0 aliphatic carbocycles. The van der Waals surface area contributed by atoms with E-state index < -0.39 is 0 Å². The third-order valence-electron chi connectivity index (χ3n) is 4.78. The van der Waals surface area contributed by atoms with E-state index in [-0.39, 0.29) is 0 Å². The van der Waals surface area contributed by atoms with Gasteiger partial charge in [-0.1, -0.05) is 6.07 Å². The molecule has 1 N–H and O–H groups in total. The Balaban J connectivity index is 1.34. The molecule has 0 radical (unpaired) electrons. The molecule has 6 nitrogen and oxygen atoms in total. The van der Waals surface area contributed by atoms with Gasteiger partial charge in [0.1, 0.15) is 0 Å². The van der Waals surface area contributed by atoms with E-state index in [1.807, 2.05) is 11.6 Å². The molecule has 28 heavy (non-hydrogen) atoms. The van der Waals surface area contributed by atoms with Crippen molar-refractivity contribution in [3.05, 3.63) is 60.2 Å². The van der Waals surface area contributed by atoms with Gasteiger partial charge in [-0.2, -0.15) is 0 Å². The van der Waals surface area contributed by atoms with E-state index in [0.717, 1.165) is 48.8 Å². The molecule has 2 aromatic heterocycles. The number of nitrogens with one attached hydrogen (secondary N) is 1. The summed E-state index contributed by atoms with van der Waals surface area (Å²) in [6.45, 7) is 3.43. The van der Waals surface area contributed by atoms with Crippen molar-refractivity contribution in [1.29, 1.82) is 0 Å². The van der Waals surface area contributed by atoms with Crippen LogP contribution in [0.1, 0.15) is 0 Å². The van der Waals surface area contributed by atoms with Crippen LogP contribution in [0, 0.1) is 0 Å². The van der Waals surface area contributed by atoms with Gasteiger partial charge in [-0.05, 0) is 42.5 Å². The monoisotopic (exact) mass is 389 g/mol. The van der Waals surface area contributed by atoms with Gasteiger partial charge in [-0.15, -0.1) is 11.3 Å². The van der Waals surface area contributed by atoms with Crippen LogP contribution in [-0.4, -0.2) is 41.3 Å². The minimum atomic E-state index is 0.579. The zero-order chi connectivity index (χ0) is 18.8. The second kappa shape index (κ2) is 7.53. The van der Waals surface area contributed by atoms with Gasteiger partial charge in [0.05, 0.1) is 34.6 Å². The molecule has 3 heterocycles. The number of rotatable bonds is 4. The SMILES string of the molecule is c1cc(-c2ccc3scnc3c2)nc(Nc2ccc(N3CCOCC3)cc2)n1. The molecule has 1 fully saturated rings. The molecule has 0 saturated carbocycles. The predicted molar refractivity (Wildman–Crippen MR) is 113 cm³/mol. The molecule has 1 saturated heterocycles. The predicted octanol–water partition coefficient (Wildman–Crippen LogP) is 4.33. The number of fused-ring (bicyclic) bond motifs is 1. The van der Waals surface area contributed by atoms with Crippen molar-refractivity contribution < 1.29 is 4.74 Å². The lowest BCUT2D eigenvalue weighted by atomic mass is 10.1. The fourth-order valence-electron chi connectivity index (χ4n) is 3.30. The number of nitrogens with zero attached hydrogens (tertiary/aromatic N) is 4. The first-order valence-electron chi connectivity index (χ1n) is 9.22. The molecule has 0 atom stereocenters. The lowest BCUT2D eigenvalue weighted by molar-refractivity contribution is 0.122. The lowest BCUT2D eigenvalue weighted by Gasteiger charge is -2.28. The zero-order valence-corrected chi connectivity index (χ0v) is 16.0. The summed E-state index contributed by atoms with van der Waals surface area (Å²) in [6, 6.07) is 16.5. The van der Waals surface area contributed by atoms with Gasteiger partial charge >= 0.3 is 0 Å². The van der Waals surface area contributed by atoms with Gasteiger partial charge < -0.3 is 15.0 Å².